The number of nitrogens with one attached hydrogen (secondary N) is 1. The molecule has 6 heteroatoms. The molecule has 1 amide bonds. The average Bonchev–Trinajstić information content (AvgIpc) is 2.43. The molecule has 2 rings (SSSR count). The Morgan fingerprint density at radius 1 is 1.19 bits per heavy atom. The van der Waals surface area contributed by atoms with Gasteiger partial charge < -0.3 is 15.8 Å². The molecule has 0 heterocycles. The van der Waals surface area contributed by atoms with E-state index in [1.807, 2.05) is 0 Å². The summed E-state index contributed by atoms with van der Waals surface area (Å²) in [6, 6.07) is 11.9. The number of hydrogen-bond acceptors (Lipinski definition) is 3. The number of halogens is 2. The number of nitrogens with two attached hydrogens (primary N) is 1. The van der Waals surface area contributed by atoms with E-state index in [1.54, 1.807) is 42.5 Å². The summed E-state index contributed by atoms with van der Waals surface area (Å²) in [6.45, 7) is 0.244. The Morgan fingerprint density at radius 3 is 2.76 bits per heavy atom. The van der Waals surface area contributed by atoms with E-state index in [9.17, 15) is 4.79 Å². The Balaban J connectivity index is 1.84. The highest BCUT2D eigenvalue weighted by Gasteiger charge is 2.07. The van der Waals surface area contributed by atoms with E-state index < -0.39 is 0 Å². The third-order valence-corrected chi connectivity index (χ3v) is 3.22. The number of carbonyl (C=O) groups excluding carboxylic acids is 1. The van der Waals surface area contributed by atoms with Crippen molar-refractivity contribution in [3.8, 4) is 5.75 Å². The standard InChI is InChI=1S/C15H14Cl2N2O2/c16-10-4-5-13(17)14(8-10)19-15(20)6-7-21-12-3-1-2-11(18)9-12/h1-5,8-9H,6-7,18H2,(H,19,20). The molecule has 0 spiro atoms. The molecule has 2 aromatic carbocycles. The fraction of sp³-hybridized carbons (Fsp3) is 0.133. The maximum Gasteiger partial charge on any atom is 0.227 e. The number of anilines is 2. The number of rotatable bonds is 5. The van der Waals surface area contributed by atoms with Gasteiger partial charge in [-0.15, -0.1) is 0 Å². The van der Waals surface area contributed by atoms with Crippen molar-refractivity contribution >= 4 is 40.5 Å². The minimum Gasteiger partial charge on any atom is -0.493 e. The first-order valence-electron chi connectivity index (χ1n) is 6.28. The van der Waals surface area contributed by atoms with Crippen LogP contribution in [0.25, 0.3) is 0 Å². The van der Waals surface area contributed by atoms with Gasteiger partial charge in [-0.25, -0.2) is 0 Å². The van der Waals surface area contributed by atoms with Crippen LogP contribution in [0.3, 0.4) is 0 Å². The fourth-order valence-electron chi connectivity index (χ4n) is 1.67. The minimum atomic E-state index is -0.205. The zero-order valence-corrected chi connectivity index (χ0v) is 12.6. The van der Waals surface area contributed by atoms with E-state index in [2.05, 4.69) is 5.32 Å². The van der Waals surface area contributed by atoms with E-state index >= 15 is 0 Å². The van der Waals surface area contributed by atoms with Gasteiger partial charge in [0.2, 0.25) is 5.91 Å². The summed E-state index contributed by atoms with van der Waals surface area (Å²) in [5.74, 6) is 0.423. The van der Waals surface area contributed by atoms with Gasteiger partial charge in [0.25, 0.3) is 0 Å². The van der Waals surface area contributed by atoms with Crippen LogP contribution in [0, 0.1) is 0 Å². The number of nitrogen functional groups attached to an aromatic ring is 1. The van der Waals surface area contributed by atoms with Crippen molar-refractivity contribution in [3.63, 3.8) is 0 Å². The van der Waals surface area contributed by atoms with Crippen LogP contribution >= 0.6 is 23.2 Å². The van der Waals surface area contributed by atoms with Crippen LogP contribution in [0.4, 0.5) is 11.4 Å². The molecule has 21 heavy (non-hydrogen) atoms. The molecule has 4 nitrogen and oxygen atoms in total. The molecule has 3 N–H and O–H groups in total. The lowest BCUT2D eigenvalue weighted by Crippen LogP contribution is -2.15. The summed E-state index contributed by atoms with van der Waals surface area (Å²) >= 11 is 11.8. The summed E-state index contributed by atoms with van der Waals surface area (Å²) in [5.41, 5.74) is 6.73. The van der Waals surface area contributed by atoms with Crippen molar-refractivity contribution in [2.75, 3.05) is 17.7 Å². The average molecular weight is 325 g/mol. The Morgan fingerprint density at radius 2 is 2.00 bits per heavy atom. The molecule has 0 atom stereocenters. The maximum absolute atomic E-state index is 11.8. The van der Waals surface area contributed by atoms with Gasteiger partial charge in [0.15, 0.2) is 0 Å². The molecule has 0 aromatic heterocycles. The van der Waals surface area contributed by atoms with E-state index in [0.717, 1.165) is 0 Å². The lowest BCUT2D eigenvalue weighted by molar-refractivity contribution is -0.116. The van der Waals surface area contributed by atoms with E-state index in [4.69, 9.17) is 33.7 Å². The van der Waals surface area contributed by atoms with Crippen LogP contribution in [0.2, 0.25) is 10.0 Å². The minimum absolute atomic E-state index is 0.192. The van der Waals surface area contributed by atoms with Crippen molar-refractivity contribution < 1.29 is 9.53 Å². The summed E-state index contributed by atoms with van der Waals surface area (Å²) in [4.78, 5) is 11.8. The van der Waals surface area contributed by atoms with Crippen molar-refractivity contribution in [1.82, 2.24) is 0 Å². The molecular formula is C15H14Cl2N2O2. The van der Waals surface area contributed by atoms with Crippen LogP contribution in [-0.2, 0) is 4.79 Å². The third kappa shape index (κ3) is 4.85. The van der Waals surface area contributed by atoms with E-state index in [0.29, 0.717) is 27.2 Å². The molecule has 2 aromatic rings. The summed E-state index contributed by atoms with van der Waals surface area (Å²) in [7, 11) is 0. The monoisotopic (exact) mass is 324 g/mol. The van der Waals surface area contributed by atoms with Crippen LogP contribution in [0.5, 0.6) is 5.75 Å². The predicted octanol–water partition coefficient (Wildman–Crippen LogP) is 3.98. The normalized spacial score (nSPS) is 10.2. The molecule has 0 saturated heterocycles. The molecule has 0 aliphatic carbocycles. The first-order chi connectivity index (χ1) is 10.0. The molecule has 0 aliphatic rings. The quantitative estimate of drug-likeness (QED) is 0.817. The van der Waals surface area contributed by atoms with Crippen molar-refractivity contribution in [3.05, 3.63) is 52.5 Å². The van der Waals surface area contributed by atoms with Crippen molar-refractivity contribution in [2.24, 2.45) is 0 Å². The van der Waals surface area contributed by atoms with Crippen LogP contribution in [-0.4, -0.2) is 12.5 Å². The molecule has 0 aliphatic heterocycles. The first kappa shape index (κ1) is 15.5. The SMILES string of the molecule is Nc1cccc(OCCC(=O)Nc2cc(Cl)ccc2Cl)c1. The van der Waals surface area contributed by atoms with Crippen LogP contribution < -0.4 is 15.8 Å². The number of ether oxygens (including phenoxy) is 1. The van der Waals surface area contributed by atoms with Gasteiger partial charge in [-0.1, -0.05) is 29.3 Å². The first-order valence-corrected chi connectivity index (χ1v) is 7.03. The number of carbonyl (C=O) groups is 1. The summed E-state index contributed by atoms with van der Waals surface area (Å²) in [6.07, 6.45) is 0.192. The highest BCUT2D eigenvalue weighted by Crippen LogP contribution is 2.25. The van der Waals surface area contributed by atoms with Gasteiger partial charge >= 0.3 is 0 Å². The number of hydrogen-bond donors (Lipinski definition) is 2. The molecule has 110 valence electrons. The third-order valence-electron chi connectivity index (χ3n) is 2.66. The Labute approximate surface area is 132 Å². The largest absolute Gasteiger partial charge is 0.493 e. The second-order valence-corrected chi connectivity index (χ2v) is 5.19. The smallest absolute Gasteiger partial charge is 0.227 e. The Bertz CT molecular complexity index is 647. The Hall–Kier alpha value is -1.91. The number of benzene rings is 2. The van der Waals surface area contributed by atoms with Gasteiger partial charge in [0, 0.05) is 16.8 Å². The fourth-order valence-corrected chi connectivity index (χ4v) is 2.01. The summed E-state index contributed by atoms with van der Waals surface area (Å²) < 4.78 is 5.45. The highest BCUT2D eigenvalue weighted by atomic mass is 35.5. The van der Waals surface area contributed by atoms with Gasteiger partial charge in [0.05, 0.1) is 23.7 Å². The summed E-state index contributed by atoms with van der Waals surface area (Å²) in [5, 5.41) is 3.63. The zero-order valence-electron chi connectivity index (χ0n) is 11.1. The zero-order chi connectivity index (χ0) is 15.2. The molecule has 0 fully saturated rings. The lowest BCUT2D eigenvalue weighted by Gasteiger charge is -2.09. The maximum atomic E-state index is 11.8. The molecular weight excluding hydrogens is 311 g/mol. The highest BCUT2D eigenvalue weighted by molar-refractivity contribution is 6.35. The predicted molar refractivity (Wildman–Crippen MR) is 86.1 cm³/mol. The molecule has 0 unspecified atom stereocenters. The van der Waals surface area contributed by atoms with Gasteiger partial charge in [-0.3, -0.25) is 4.79 Å². The molecule has 0 radical (unpaired) electrons. The Kier molecular flexibility index (Phi) is 5.31. The van der Waals surface area contributed by atoms with Crippen molar-refractivity contribution in [2.45, 2.75) is 6.42 Å². The molecule has 0 bridgehead atoms. The topological polar surface area (TPSA) is 64.3 Å². The van der Waals surface area contributed by atoms with Gasteiger partial charge in [0.1, 0.15) is 5.75 Å². The number of amides is 1. The van der Waals surface area contributed by atoms with E-state index in [-0.39, 0.29) is 18.9 Å². The van der Waals surface area contributed by atoms with Crippen LogP contribution in [0.15, 0.2) is 42.5 Å². The lowest BCUT2D eigenvalue weighted by atomic mass is 10.3. The second kappa shape index (κ2) is 7.20. The van der Waals surface area contributed by atoms with Crippen molar-refractivity contribution in [1.29, 1.82) is 0 Å². The second-order valence-electron chi connectivity index (χ2n) is 4.34. The van der Waals surface area contributed by atoms with Gasteiger partial charge in [-0.05, 0) is 30.3 Å². The van der Waals surface area contributed by atoms with Gasteiger partial charge in [-0.2, -0.15) is 0 Å². The van der Waals surface area contributed by atoms with E-state index in [1.165, 1.54) is 0 Å². The molecule has 0 saturated carbocycles. The van der Waals surface area contributed by atoms with Crippen LogP contribution in [0.1, 0.15) is 6.42 Å².